The third-order valence-corrected chi connectivity index (χ3v) is 11.7. The van der Waals surface area contributed by atoms with Crippen LogP contribution in [0.3, 0.4) is 0 Å². The molecule has 2 fully saturated rings. The van der Waals surface area contributed by atoms with Gasteiger partial charge in [-0.15, -0.1) is 0 Å². The first kappa shape index (κ1) is 48.7. The fraction of sp³-hybridized carbons (Fsp3) is 0.407. The molecule has 0 aromatic heterocycles. The van der Waals surface area contributed by atoms with Crippen LogP contribution in [0.25, 0.3) is 0 Å². The fourth-order valence-electron chi connectivity index (χ4n) is 7.99. The minimum absolute atomic E-state index is 0.0521. The van der Waals surface area contributed by atoms with E-state index in [2.05, 4.69) is 5.32 Å². The molecule has 7 rings (SSSR count). The number of benzene rings is 5. The lowest BCUT2D eigenvalue weighted by Crippen LogP contribution is -2.58. The van der Waals surface area contributed by atoms with Crippen LogP contribution in [0.15, 0.2) is 133 Å². The summed E-state index contributed by atoms with van der Waals surface area (Å²) in [5.41, 5.74) is 4.84. The second-order valence-electron chi connectivity index (χ2n) is 18.2. The molecule has 0 spiro atoms. The van der Waals surface area contributed by atoms with Crippen molar-refractivity contribution >= 4 is 23.7 Å². The van der Waals surface area contributed by atoms with E-state index in [1.165, 1.54) is 0 Å². The number of hydrogen-bond acceptors (Lipinski definition) is 10. The topological polar surface area (TPSA) is 120 Å². The Labute approximate surface area is 393 Å². The molecular weight excluding hydrogens is 858 g/mol. The van der Waals surface area contributed by atoms with Crippen LogP contribution in [0.5, 0.6) is 5.75 Å². The number of esters is 1. The van der Waals surface area contributed by atoms with Crippen molar-refractivity contribution in [2.75, 3.05) is 19.8 Å². The summed E-state index contributed by atoms with van der Waals surface area (Å²) in [5.74, 6) is -0.157. The molecule has 2 aliphatic rings. The molecule has 2 aliphatic heterocycles. The Kier molecular flexibility index (Phi) is 17.3. The minimum Gasteiger partial charge on any atom is -0.488 e. The fourth-order valence-corrected chi connectivity index (χ4v) is 8.17. The normalized spacial score (nSPS) is 21.3. The quantitative estimate of drug-likeness (QED) is 0.0802. The zero-order valence-corrected chi connectivity index (χ0v) is 39.2. The highest BCUT2D eigenvalue weighted by Crippen LogP contribution is 2.40. The molecule has 0 bridgehead atoms. The molecule has 0 unspecified atom stereocenters. The number of carbonyl (C=O) groups is 2. The third-order valence-electron chi connectivity index (χ3n) is 11.4. The van der Waals surface area contributed by atoms with E-state index in [4.69, 9.17) is 49.5 Å². The van der Waals surface area contributed by atoms with E-state index < -0.39 is 54.2 Å². The SMILES string of the molecule is CC(C)[C@H](NC(=O)OC(C)(C)C)C(=O)OC[C@H]1O[C@@H](c2ccc(Cl)c(Cc3ccc(O[C@@H]4CCOC4)cc3)c2)[C@H](OCc2ccccc2)[C@@H](OCc2ccccc2)[C@@H]1OCc1ccccc1. The van der Waals surface area contributed by atoms with Gasteiger partial charge in [-0.25, -0.2) is 9.59 Å². The van der Waals surface area contributed by atoms with Crippen LogP contribution < -0.4 is 10.1 Å². The Morgan fingerprint density at radius 1 is 0.727 bits per heavy atom. The highest BCUT2D eigenvalue weighted by Gasteiger charge is 2.49. The van der Waals surface area contributed by atoms with E-state index in [-0.39, 0.29) is 38.4 Å². The number of ether oxygens (including phenoxy) is 8. The van der Waals surface area contributed by atoms with Crippen LogP contribution in [0.2, 0.25) is 5.02 Å². The number of carbonyl (C=O) groups excluding carboxylic acids is 2. The number of amides is 1. The molecule has 0 radical (unpaired) electrons. The van der Waals surface area contributed by atoms with Gasteiger partial charge in [-0.05, 0) is 84.7 Å². The number of halogens is 1. The van der Waals surface area contributed by atoms with Crippen molar-refractivity contribution in [2.24, 2.45) is 5.92 Å². The maximum absolute atomic E-state index is 14.0. The monoisotopic (exact) mass is 919 g/mol. The summed E-state index contributed by atoms with van der Waals surface area (Å²) < 4.78 is 51.1. The maximum Gasteiger partial charge on any atom is 0.408 e. The molecule has 7 atom stereocenters. The van der Waals surface area contributed by atoms with Crippen molar-refractivity contribution in [3.63, 3.8) is 0 Å². The van der Waals surface area contributed by atoms with Gasteiger partial charge in [0, 0.05) is 11.4 Å². The molecule has 0 aliphatic carbocycles. The highest BCUT2D eigenvalue weighted by atomic mass is 35.5. The van der Waals surface area contributed by atoms with Gasteiger partial charge in [-0.1, -0.05) is 141 Å². The average molecular weight is 921 g/mol. The number of hydrogen-bond donors (Lipinski definition) is 1. The molecule has 2 heterocycles. The molecule has 66 heavy (non-hydrogen) atoms. The lowest BCUT2D eigenvalue weighted by atomic mass is 9.89. The summed E-state index contributed by atoms with van der Waals surface area (Å²) in [5, 5.41) is 3.31. The molecule has 12 heteroatoms. The zero-order chi connectivity index (χ0) is 46.5. The van der Waals surface area contributed by atoms with Crippen molar-refractivity contribution in [1.29, 1.82) is 0 Å². The predicted molar refractivity (Wildman–Crippen MR) is 252 cm³/mol. The first-order chi connectivity index (χ1) is 31.9. The van der Waals surface area contributed by atoms with E-state index in [9.17, 15) is 9.59 Å². The van der Waals surface area contributed by atoms with Crippen molar-refractivity contribution in [1.82, 2.24) is 5.32 Å². The summed E-state index contributed by atoms with van der Waals surface area (Å²) in [6.07, 6.45) is -3.10. The van der Waals surface area contributed by atoms with E-state index in [0.29, 0.717) is 24.7 Å². The third kappa shape index (κ3) is 14.1. The summed E-state index contributed by atoms with van der Waals surface area (Å²) in [6, 6.07) is 42.6. The Morgan fingerprint density at radius 2 is 1.30 bits per heavy atom. The van der Waals surface area contributed by atoms with E-state index in [0.717, 1.165) is 45.6 Å². The van der Waals surface area contributed by atoms with Gasteiger partial charge in [0.1, 0.15) is 60.6 Å². The van der Waals surface area contributed by atoms with Crippen LogP contribution in [-0.4, -0.2) is 74.0 Å². The van der Waals surface area contributed by atoms with E-state index in [1.54, 1.807) is 20.8 Å². The van der Waals surface area contributed by atoms with Gasteiger partial charge < -0.3 is 43.2 Å². The number of alkyl carbamates (subject to hydrolysis) is 1. The second-order valence-corrected chi connectivity index (χ2v) is 18.6. The van der Waals surface area contributed by atoms with Gasteiger partial charge in [-0.2, -0.15) is 0 Å². The van der Waals surface area contributed by atoms with Crippen molar-refractivity contribution < 1.29 is 47.5 Å². The van der Waals surface area contributed by atoms with Crippen LogP contribution in [0, 0.1) is 5.92 Å². The first-order valence-electron chi connectivity index (χ1n) is 22.8. The molecule has 11 nitrogen and oxygen atoms in total. The molecule has 1 amide bonds. The second kappa shape index (κ2) is 23.5. The zero-order valence-electron chi connectivity index (χ0n) is 38.4. The maximum atomic E-state index is 14.0. The van der Waals surface area contributed by atoms with Crippen molar-refractivity contribution in [2.45, 2.75) is 116 Å². The van der Waals surface area contributed by atoms with Crippen molar-refractivity contribution in [3.8, 4) is 5.75 Å². The summed E-state index contributed by atoms with van der Waals surface area (Å²) in [7, 11) is 0. The molecule has 1 N–H and O–H groups in total. The molecule has 0 saturated carbocycles. The van der Waals surface area contributed by atoms with Gasteiger partial charge in [0.05, 0.1) is 33.0 Å². The Hall–Kier alpha value is -5.27. The molecule has 350 valence electrons. The average Bonchev–Trinajstić information content (AvgIpc) is 3.83. The predicted octanol–water partition coefficient (Wildman–Crippen LogP) is 10.4. The summed E-state index contributed by atoms with van der Waals surface area (Å²) in [6.45, 7) is 10.8. The van der Waals surface area contributed by atoms with Gasteiger partial charge >= 0.3 is 12.1 Å². The summed E-state index contributed by atoms with van der Waals surface area (Å²) in [4.78, 5) is 26.9. The van der Waals surface area contributed by atoms with E-state index >= 15 is 0 Å². The Balaban J connectivity index is 1.23. The standard InChI is InChI=1S/C54H62ClNO10/c1-36(2)47(56-53(58)66-54(3,4)5)52(57)63-35-46-49(60-31-38-15-9-6-10-16-38)51(62-33-40-19-13-8-14-20-40)50(61-32-39-17-11-7-12-18-39)48(65-46)41-23-26-45(55)42(30-41)29-37-21-24-43(25-22-37)64-44-27-28-59-34-44/h6-26,30,36,44,46-51H,27-29,31-35H2,1-5H3,(H,56,58)/t44-,46-,47+,48+,49-,50+,51+/m1/s1. The van der Waals surface area contributed by atoms with Crippen LogP contribution in [-0.2, 0) is 64.2 Å². The van der Waals surface area contributed by atoms with Crippen LogP contribution in [0.4, 0.5) is 4.79 Å². The largest absolute Gasteiger partial charge is 0.488 e. The van der Waals surface area contributed by atoms with Gasteiger partial charge in [0.2, 0.25) is 0 Å². The van der Waals surface area contributed by atoms with Gasteiger partial charge in [-0.3, -0.25) is 0 Å². The number of rotatable bonds is 19. The molecule has 5 aromatic carbocycles. The molecule has 5 aromatic rings. The minimum atomic E-state index is -0.994. The number of nitrogens with one attached hydrogen (secondary N) is 1. The smallest absolute Gasteiger partial charge is 0.408 e. The Bertz CT molecular complexity index is 2270. The summed E-state index contributed by atoms with van der Waals surface area (Å²) >= 11 is 6.96. The van der Waals surface area contributed by atoms with Gasteiger partial charge in [0.25, 0.3) is 0 Å². The van der Waals surface area contributed by atoms with Crippen LogP contribution in [0.1, 0.15) is 80.5 Å². The Morgan fingerprint density at radius 3 is 1.85 bits per heavy atom. The lowest BCUT2D eigenvalue weighted by molar-refractivity contribution is -0.273. The molecule has 2 saturated heterocycles. The van der Waals surface area contributed by atoms with Gasteiger partial charge in [0.15, 0.2) is 0 Å². The molecular formula is C54H62ClNO10. The van der Waals surface area contributed by atoms with Crippen molar-refractivity contribution in [3.05, 3.63) is 172 Å². The van der Waals surface area contributed by atoms with Crippen LogP contribution >= 0.6 is 11.6 Å². The van der Waals surface area contributed by atoms with E-state index in [1.807, 2.05) is 147 Å². The first-order valence-corrected chi connectivity index (χ1v) is 23.2. The highest BCUT2D eigenvalue weighted by molar-refractivity contribution is 6.31. The lowest BCUT2D eigenvalue weighted by Gasteiger charge is -2.46.